The molecule has 7 heteroatoms. The molecule has 3 aliphatic rings. The lowest BCUT2D eigenvalue weighted by Crippen LogP contribution is -2.39. The molecule has 3 aromatic carbocycles. The van der Waals surface area contributed by atoms with Gasteiger partial charge in [-0.05, 0) is 80.1 Å². The Labute approximate surface area is 272 Å². The molecule has 2 aliphatic heterocycles. The number of aromatic carboxylic acids is 1. The van der Waals surface area contributed by atoms with Crippen molar-refractivity contribution in [3.63, 3.8) is 0 Å². The molecule has 0 unspecified atom stereocenters. The topological polar surface area (TPSA) is 67.2 Å². The number of piperidine rings is 1. The Morgan fingerprint density at radius 1 is 0.891 bits per heavy atom. The molecule has 1 N–H and O–H groups in total. The quantitative estimate of drug-likeness (QED) is 0.172. The number of para-hydroxylation sites is 1. The van der Waals surface area contributed by atoms with Gasteiger partial charge in [-0.1, -0.05) is 68.1 Å². The fraction of sp³-hybridized carbons (Fsp3) is 0.462. The number of carboxylic acid groups (broad SMARTS) is 1. The highest BCUT2D eigenvalue weighted by atomic mass is 16.5. The van der Waals surface area contributed by atoms with Crippen LogP contribution in [0.1, 0.15) is 78.8 Å². The first kappa shape index (κ1) is 30.8. The highest BCUT2D eigenvalue weighted by Gasteiger charge is 2.31. The minimum atomic E-state index is -0.886. The molecule has 7 rings (SSSR count). The molecule has 1 saturated carbocycles. The average Bonchev–Trinajstić information content (AvgIpc) is 3.29. The van der Waals surface area contributed by atoms with Gasteiger partial charge in [0.1, 0.15) is 6.61 Å². The zero-order valence-electron chi connectivity index (χ0n) is 27.0. The summed E-state index contributed by atoms with van der Waals surface area (Å²) in [4.78, 5) is 17.1. The van der Waals surface area contributed by atoms with Gasteiger partial charge in [0.15, 0.2) is 5.75 Å². The lowest BCUT2D eigenvalue weighted by atomic mass is 9.81. The van der Waals surface area contributed by atoms with Crippen molar-refractivity contribution < 1.29 is 19.4 Å². The van der Waals surface area contributed by atoms with Gasteiger partial charge in [-0.15, -0.1) is 0 Å². The molecule has 1 aliphatic carbocycles. The maximum absolute atomic E-state index is 12.0. The lowest BCUT2D eigenvalue weighted by Gasteiger charge is -2.32. The maximum Gasteiger partial charge on any atom is 0.335 e. The largest absolute Gasteiger partial charge is 0.489 e. The minimum absolute atomic E-state index is 0.335. The molecule has 1 aromatic heterocycles. The van der Waals surface area contributed by atoms with Crippen LogP contribution in [-0.4, -0.2) is 66.5 Å². The molecular formula is C39H47N3O4. The summed E-state index contributed by atoms with van der Waals surface area (Å²) in [6.45, 7) is 7.51. The fourth-order valence-electron chi connectivity index (χ4n) is 7.92. The molecule has 0 radical (unpaired) electrons. The standard InChI is InChI=1S/C39H47N3O4/c43-39(44)31-17-18-32-35(27-31)42-24-26-46-38-33(37(42)36(32)30-13-6-2-7-14-30)15-10-16-34(38)41(22-21-40-19-8-3-9-20-40)23-25-45-28-29-11-4-1-5-12-29/h1,4-5,10-12,15-18,27,30H,2-3,6-9,13-14,19-26,28H2,(H,43,44). The summed E-state index contributed by atoms with van der Waals surface area (Å²) in [7, 11) is 0. The van der Waals surface area contributed by atoms with Crippen LogP contribution in [0.4, 0.5) is 5.69 Å². The van der Waals surface area contributed by atoms with Crippen LogP contribution in [0.5, 0.6) is 5.75 Å². The number of hydrogen-bond donors (Lipinski definition) is 1. The van der Waals surface area contributed by atoms with Crippen molar-refractivity contribution in [2.75, 3.05) is 50.8 Å². The molecule has 1 saturated heterocycles. The SMILES string of the molecule is O=C(O)c1ccc2c(C3CCCCC3)c3n(c2c1)CCOc1c-3cccc1N(CCOCc1ccccc1)CCN1CCCCC1. The van der Waals surface area contributed by atoms with Crippen LogP contribution in [0.2, 0.25) is 0 Å². The molecule has 0 amide bonds. The average molecular weight is 622 g/mol. The van der Waals surface area contributed by atoms with E-state index < -0.39 is 5.97 Å². The first-order valence-electron chi connectivity index (χ1n) is 17.4. The van der Waals surface area contributed by atoms with Crippen LogP contribution >= 0.6 is 0 Å². The predicted molar refractivity (Wildman–Crippen MR) is 184 cm³/mol. The first-order chi connectivity index (χ1) is 22.7. The minimum Gasteiger partial charge on any atom is -0.489 e. The van der Waals surface area contributed by atoms with Crippen molar-refractivity contribution in [2.45, 2.75) is 70.4 Å². The number of benzene rings is 3. The second kappa shape index (κ2) is 14.3. The van der Waals surface area contributed by atoms with Crippen LogP contribution in [0, 0.1) is 0 Å². The van der Waals surface area contributed by atoms with Gasteiger partial charge in [-0.25, -0.2) is 4.79 Å². The van der Waals surface area contributed by atoms with Crippen molar-refractivity contribution in [3.8, 4) is 17.0 Å². The summed E-state index contributed by atoms with van der Waals surface area (Å²) in [6.07, 6.45) is 9.99. The van der Waals surface area contributed by atoms with Crippen molar-refractivity contribution >= 4 is 22.6 Å². The fourth-order valence-corrected chi connectivity index (χ4v) is 7.92. The maximum atomic E-state index is 12.0. The Bertz CT molecular complexity index is 1640. The molecule has 4 aromatic rings. The molecule has 242 valence electrons. The van der Waals surface area contributed by atoms with Crippen molar-refractivity contribution in [3.05, 3.63) is 83.4 Å². The van der Waals surface area contributed by atoms with Crippen LogP contribution < -0.4 is 9.64 Å². The number of anilines is 1. The van der Waals surface area contributed by atoms with Gasteiger partial charge in [-0.3, -0.25) is 0 Å². The van der Waals surface area contributed by atoms with Crippen LogP contribution in [-0.2, 0) is 17.9 Å². The van der Waals surface area contributed by atoms with E-state index in [1.54, 1.807) is 6.07 Å². The van der Waals surface area contributed by atoms with E-state index in [9.17, 15) is 9.90 Å². The number of fused-ring (bicyclic) bond motifs is 5. The molecule has 46 heavy (non-hydrogen) atoms. The zero-order valence-corrected chi connectivity index (χ0v) is 27.0. The van der Waals surface area contributed by atoms with Gasteiger partial charge in [0.2, 0.25) is 0 Å². The normalized spacial score (nSPS) is 17.2. The number of ether oxygens (including phenoxy) is 2. The molecular weight excluding hydrogens is 574 g/mol. The van der Waals surface area contributed by atoms with E-state index in [1.807, 2.05) is 12.1 Å². The Hall–Kier alpha value is -3.81. The van der Waals surface area contributed by atoms with Gasteiger partial charge >= 0.3 is 5.97 Å². The first-order valence-corrected chi connectivity index (χ1v) is 17.4. The zero-order chi connectivity index (χ0) is 31.3. The van der Waals surface area contributed by atoms with E-state index in [2.05, 4.69) is 62.9 Å². The van der Waals surface area contributed by atoms with E-state index in [-0.39, 0.29) is 0 Å². The molecule has 7 nitrogen and oxygen atoms in total. The van der Waals surface area contributed by atoms with E-state index >= 15 is 0 Å². The van der Waals surface area contributed by atoms with Crippen LogP contribution in [0.3, 0.4) is 0 Å². The van der Waals surface area contributed by atoms with Crippen LogP contribution in [0.25, 0.3) is 22.2 Å². The third-order valence-electron chi connectivity index (χ3n) is 10.3. The molecule has 0 bridgehead atoms. The Morgan fingerprint density at radius 2 is 1.70 bits per heavy atom. The highest BCUT2D eigenvalue weighted by Crippen LogP contribution is 2.49. The van der Waals surface area contributed by atoms with Gasteiger partial charge in [0, 0.05) is 36.1 Å². The van der Waals surface area contributed by atoms with E-state index in [0.29, 0.717) is 37.8 Å². The molecule has 2 fully saturated rings. The number of hydrogen-bond acceptors (Lipinski definition) is 5. The Kier molecular flexibility index (Phi) is 9.59. The summed E-state index contributed by atoms with van der Waals surface area (Å²) < 4.78 is 15.3. The molecule has 0 atom stereocenters. The summed E-state index contributed by atoms with van der Waals surface area (Å²) in [5, 5.41) is 11.1. The number of carbonyl (C=O) groups is 1. The van der Waals surface area contributed by atoms with Gasteiger partial charge in [0.25, 0.3) is 0 Å². The van der Waals surface area contributed by atoms with E-state index in [4.69, 9.17) is 9.47 Å². The number of carboxylic acids is 1. The Balaban J connectivity index is 1.26. The highest BCUT2D eigenvalue weighted by molar-refractivity contribution is 5.99. The third-order valence-corrected chi connectivity index (χ3v) is 10.3. The number of nitrogens with zero attached hydrogens (tertiary/aromatic N) is 3. The van der Waals surface area contributed by atoms with Gasteiger partial charge in [0.05, 0.1) is 36.7 Å². The monoisotopic (exact) mass is 621 g/mol. The van der Waals surface area contributed by atoms with E-state index in [0.717, 1.165) is 42.2 Å². The molecule has 3 heterocycles. The number of likely N-dealkylation sites (tertiary alicyclic amines) is 1. The number of rotatable bonds is 11. The Morgan fingerprint density at radius 3 is 2.50 bits per heavy atom. The van der Waals surface area contributed by atoms with Crippen LogP contribution in [0.15, 0.2) is 66.7 Å². The van der Waals surface area contributed by atoms with Crippen molar-refractivity contribution in [1.29, 1.82) is 0 Å². The lowest BCUT2D eigenvalue weighted by molar-refractivity contribution is 0.0697. The number of aromatic nitrogens is 1. The third kappa shape index (κ3) is 6.53. The van der Waals surface area contributed by atoms with E-state index in [1.165, 1.54) is 86.7 Å². The summed E-state index contributed by atoms with van der Waals surface area (Å²) >= 11 is 0. The van der Waals surface area contributed by atoms with Gasteiger partial charge in [-0.2, -0.15) is 0 Å². The summed E-state index contributed by atoms with van der Waals surface area (Å²) in [5.41, 5.74) is 7.37. The smallest absolute Gasteiger partial charge is 0.335 e. The second-order valence-corrected chi connectivity index (χ2v) is 13.2. The van der Waals surface area contributed by atoms with Gasteiger partial charge < -0.3 is 28.9 Å². The van der Waals surface area contributed by atoms with Crippen molar-refractivity contribution in [1.82, 2.24) is 9.47 Å². The summed E-state index contributed by atoms with van der Waals surface area (Å²) in [6, 6.07) is 22.7. The molecule has 0 spiro atoms. The predicted octanol–water partition coefficient (Wildman–Crippen LogP) is 7.96. The second-order valence-electron chi connectivity index (χ2n) is 13.2. The van der Waals surface area contributed by atoms with Crippen molar-refractivity contribution in [2.24, 2.45) is 0 Å². The summed E-state index contributed by atoms with van der Waals surface area (Å²) in [5.74, 6) is 0.517.